The van der Waals surface area contributed by atoms with Crippen molar-refractivity contribution in [3.05, 3.63) is 231 Å². The zero-order valence-corrected chi connectivity index (χ0v) is 34.1. The molecule has 3 heterocycles. The van der Waals surface area contributed by atoms with Crippen LogP contribution in [0.3, 0.4) is 0 Å². The molecule has 0 N–H and O–H groups in total. The second-order valence-corrected chi connectivity index (χ2v) is 15.6. The number of nitrogens with zero attached hydrogens (tertiary/aromatic N) is 6. The van der Waals surface area contributed by atoms with Gasteiger partial charge in [0.1, 0.15) is 0 Å². The summed E-state index contributed by atoms with van der Waals surface area (Å²) < 4.78 is 4.86. The molecule has 3 aromatic heterocycles. The van der Waals surface area contributed by atoms with Gasteiger partial charge in [0.2, 0.25) is 0 Å². The molecule has 6 heteroatoms. The third kappa shape index (κ3) is 6.15. The standard InChI is InChI=1S/C57H38N6/c1-5-21-39(22-6-1)55-58-56(40-23-7-2-8-24-40)60-57(59-55)41-37-52(62-48-33-17-13-29-44(48)45-30-14-18-34-49(45)62)54(61(42-25-9-3-10-26-42)43-27-11-4-12-28-43)53(38-41)63-50-35-19-15-31-46(50)47-32-16-20-36-51(47)63/h1-38H. The first-order chi connectivity index (χ1) is 31.3. The Morgan fingerprint density at radius 1 is 0.286 bits per heavy atom. The summed E-state index contributed by atoms with van der Waals surface area (Å²) in [6.07, 6.45) is 0. The lowest BCUT2D eigenvalue weighted by atomic mass is 10.0. The van der Waals surface area contributed by atoms with Gasteiger partial charge in [0.25, 0.3) is 0 Å². The normalized spacial score (nSPS) is 11.5. The molecule has 0 radical (unpaired) electrons. The van der Waals surface area contributed by atoms with Crippen LogP contribution in [0, 0.1) is 0 Å². The van der Waals surface area contributed by atoms with E-state index in [0.717, 1.165) is 67.2 Å². The van der Waals surface area contributed by atoms with Crippen molar-refractivity contribution < 1.29 is 0 Å². The SMILES string of the molecule is c1ccc(-c2nc(-c3ccccc3)nc(-c3cc(-n4c5ccccc5c5ccccc54)c(N(c4ccccc4)c4ccccc4)c(-n4c5ccccc5c5ccccc54)c3)n2)cc1. The Balaban J connectivity index is 1.29. The number of benzene rings is 9. The van der Waals surface area contributed by atoms with Crippen LogP contribution in [-0.2, 0) is 0 Å². The second-order valence-electron chi connectivity index (χ2n) is 15.6. The van der Waals surface area contributed by atoms with Crippen molar-refractivity contribution in [1.29, 1.82) is 0 Å². The largest absolute Gasteiger partial charge is 0.307 e. The van der Waals surface area contributed by atoms with Gasteiger partial charge in [-0.15, -0.1) is 0 Å². The average Bonchev–Trinajstić information content (AvgIpc) is 3.88. The lowest BCUT2D eigenvalue weighted by Crippen LogP contribution is -2.17. The van der Waals surface area contributed by atoms with E-state index in [1.54, 1.807) is 0 Å². The molecule has 6 nitrogen and oxygen atoms in total. The van der Waals surface area contributed by atoms with Crippen LogP contribution in [0.4, 0.5) is 17.1 Å². The topological polar surface area (TPSA) is 51.8 Å². The quantitative estimate of drug-likeness (QED) is 0.153. The van der Waals surface area contributed by atoms with Gasteiger partial charge in [0, 0.05) is 49.6 Å². The molecule has 296 valence electrons. The summed E-state index contributed by atoms with van der Waals surface area (Å²) in [5.74, 6) is 1.79. The molecule has 0 atom stereocenters. The zero-order valence-electron chi connectivity index (χ0n) is 34.1. The number of para-hydroxylation sites is 6. The van der Waals surface area contributed by atoms with E-state index in [1.165, 1.54) is 21.5 Å². The molecule has 0 saturated carbocycles. The molecule has 63 heavy (non-hydrogen) atoms. The molecule has 0 aliphatic carbocycles. The molecule has 12 rings (SSSR count). The van der Waals surface area contributed by atoms with Crippen LogP contribution in [0.25, 0.3) is 89.2 Å². The summed E-state index contributed by atoms with van der Waals surface area (Å²) in [6.45, 7) is 0. The van der Waals surface area contributed by atoms with Crippen LogP contribution in [0.1, 0.15) is 0 Å². The smallest absolute Gasteiger partial charge is 0.164 e. The van der Waals surface area contributed by atoms with Crippen molar-refractivity contribution in [3.63, 3.8) is 0 Å². The second kappa shape index (κ2) is 15.1. The molecule has 0 bridgehead atoms. The van der Waals surface area contributed by atoms with Crippen LogP contribution in [0.15, 0.2) is 231 Å². The van der Waals surface area contributed by atoms with Gasteiger partial charge in [-0.25, -0.2) is 15.0 Å². The van der Waals surface area contributed by atoms with E-state index in [4.69, 9.17) is 15.0 Å². The van der Waals surface area contributed by atoms with Crippen LogP contribution in [0.2, 0.25) is 0 Å². The molecule has 0 spiro atoms. The van der Waals surface area contributed by atoms with E-state index >= 15 is 0 Å². The highest BCUT2D eigenvalue weighted by Gasteiger charge is 2.28. The zero-order chi connectivity index (χ0) is 41.7. The number of fused-ring (bicyclic) bond motifs is 6. The predicted molar refractivity (Wildman–Crippen MR) is 259 cm³/mol. The molecule has 12 aromatic rings. The molecule has 0 aliphatic heterocycles. The van der Waals surface area contributed by atoms with Gasteiger partial charge in [-0.2, -0.15) is 0 Å². The molecule has 0 unspecified atom stereocenters. The first-order valence-electron chi connectivity index (χ1n) is 21.2. The molecule has 9 aromatic carbocycles. The highest BCUT2D eigenvalue weighted by molar-refractivity contribution is 6.12. The third-order valence-electron chi connectivity index (χ3n) is 11.9. The lowest BCUT2D eigenvalue weighted by molar-refractivity contribution is 1.06. The Bertz CT molecular complexity index is 3280. The molecule has 0 amide bonds. The van der Waals surface area contributed by atoms with Crippen LogP contribution in [0.5, 0.6) is 0 Å². The van der Waals surface area contributed by atoms with Gasteiger partial charge >= 0.3 is 0 Å². The minimum Gasteiger partial charge on any atom is -0.307 e. The van der Waals surface area contributed by atoms with Gasteiger partial charge in [0.05, 0.1) is 39.1 Å². The van der Waals surface area contributed by atoms with Crippen LogP contribution in [-0.4, -0.2) is 24.1 Å². The first-order valence-corrected chi connectivity index (χ1v) is 21.2. The maximum Gasteiger partial charge on any atom is 0.164 e. The minimum atomic E-state index is 0.573. The van der Waals surface area contributed by atoms with E-state index in [0.29, 0.717) is 17.5 Å². The minimum absolute atomic E-state index is 0.573. The fraction of sp³-hybridized carbons (Fsp3) is 0. The fourth-order valence-corrected chi connectivity index (χ4v) is 9.17. The van der Waals surface area contributed by atoms with Crippen molar-refractivity contribution in [2.24, 2.45) is 0 Å². The summed E-state index contributed by atoms with van der Waals surface area (Å²) in [5, 5.41) is 4.69. The molecular weight excluding hydrogens is 769 g/mol. The summed E-state index contributed by atoms with van der Waals surface area (Å²) >= 11 is 0. The van der Waals surface area contributed by atoms with Crippen molar-refractivity contribution in [3.8, 4) is 45.5 Å². The average molecular weight is 807 g/mol. The lowest BCUT2D eigenvalue weighted by Gasteiger charge is -2.31. The van der Waals surface area contributed by atoms with E-state index in [2.05, 4.69) is 208 Å². The molecule has 0 aliphatic rings. The van der Waals surface area contributed by atoms with E-state index in [-0.39, 0.29) is 0 Å². The number of rotatable bonds is 8. The first kappa shape index (κ1) is 36.3. The Hall–Kier alpha value is -8.61. The van der Waals surface area contributed by atoms with E-state index < -0.39 is 0 Å². The van der Waals surface area contributed by atoms with Crippen molar-refractivity contribution >= 4 is 60.7 Å². The summed E-state index contributed by atoms with van der Waals surface area (Å²) in [4.78, 5) is 18.2. The maximum absolute atomic E-state index is 5.33. The molecular formula is C57H38N6. The van der Waals surface area contributed by atoms with Crippen molar-refractivity contribution in [2.45, 2.75) is 0 Å². The van der Waals surface area contributed by atoms with Crippen LogP contribution >= 0.6 is 0 Å². The summed E-state index contributed by atoms with van der Waals surface area (Å²) in [5.41, 5.74) is 12.0. The monoisotopic (exact) mass is 806 g/mol. The Morgan fingerprint density at radius 2 is 0.571 bits per heavy atom. The third-order valence-corrected chi connectivity index (χ3v) is 11.9. The van der Waals surface area contributed by atoms with Gasteiger partial charge in [0.15, 0.2) is 17.5 Å². The van der Waals surface area contributed by atoms with Gasteiger partial charge in [-0.3, -0.25) is 0 Å². The Kier molecular flexibility index (Phi) is 8.71. The Labute approximate surface area is 364 Å². The highest BCUT2D eigenvalue weighted by Crippen LogP contribution is 2.48. The molecule has 0 fully saturated rings. The number of hydrogen-bond donors (Lipinski definition) is 0. The Morgan fingerprint density at radius 3 is 0.921 bits per heavy atom. The van der Waals surface area contributed by atoms with E-state index in [1.807, 2.05) is 36.4 Å². The summed E-state index contributed by atoms with van der Waals surface area (Å²) in [6, 6.07) is 81.1. The number of aromatic nitrogens is 5. The molecule has 0 saturated heterocycles. The predicted octanol–water partition coefficient (Wildman–Crippen LogP) is 14.5. The van der Waals surface area contributed by atoms with Gasteiger partial charge in [-0.05, 0) is 60.7 Å². The van der Waals surface area contributed by atoms with E-state index in [9.17, 15) is 0 Å². The van der Waals surface area contributed by atoms with Crippen LogP contribution < -0.4 is 4.90 Å². The van der Waals surface area contributed by atoms with Gasteiger partial charge in [-0.1, -0.05) is 170 Å². The maximum atomic E-state index is 5.33. The van der Waals surface area contributed by atoms with Crippen molar-refractivity contribution in [1.82, 2.24) is 24.1 Å². The van der Waals surface area contributed by atoms with Crippen molar-refractivity contribution in [2.75, 3.05) is 4.90 Å². The summed E-state index contributed by atoms with van der Waals surface area (Å²) in [7, 11) is 0. The number of hydrogen-bond acceptors (Lipinski definition) is 4. The fourth-order valence-electron chi connectivity index (χ4n) is 9.17. The highest BCUT2D eigenvalue weighted by atomic mass is 15.2. The number of anilines is 3. The van der Waals surface area contributed by atoms with Gasteiger partial charge < -0.3 is 14.0 Å².